The summed E-state index contributed by atoms with van der Waals surface area (Å²) in [5, 5.41) is 4.95. The van der Waals surface area contributed by atoms with E-state index in [1.807, 2.05) is 39.0 Å². The molecule has 0 fully saturated rings. The lowest BCUT2D eigenvalue weighted by Gasteiger charge is -2.15. The molecule has 2 aromatic carbocycles. The molecule has 6 nitrogen and oxygen atoms in total. The zero-order valence-corrected chi connectivity index (χ0v) is 18.8. The van der Waals surface area contributed by atoms with Gasteiger partial charge in [0.2, 0.25) is 5.91 Å². The van der Waals surface area contributed by atoms with Crippen LogP contribution in [0.3, 0.4) is 0 Å². The highest BCUT2D eigenvalue weighted by Gasteiger charge is 2.19. The summed E-state index contributed by atoms with van der Waals surface area (Å²) in [7, 11) is 0. The molecule has 158 valence electrons. The van der Waals surface area contributed by atoms with Crippen molar-refractivity contribution in [2.75, 3.05) is 5.32 Å². The van der Waals surface area contributed by atoms with Gasteiger partial charge in [-0.15, -0.1) is 11.3 Å². The summed E-state index contributed by atoms with van der Waals surface area (Å²) in [6.45, 7) is 5.33. The first-order valence-electron chi connectivity index (χ1n) is 9.63. The monoisotopic (exact) mass is 453 g/mol. The van der Waals surface area contributed by atoms with Crippen molar-refractivity contribution in [3.05, 3.63) is 90.4 Å². The number of benzene rings is 2. The van der Waals surface area contributed by atoms with E-state index in [0.717, 1.165) is 21.3 Å². The van der Waals surface area contributed by atoms with Crippen molar-refractivity contribution in [3.8, 4) is 5.69 Å². The molecule has 1 amide bonds. The number of nitrogens with zero attached hydrogens (tertiary/aromatic N) is 2. The summed E-state index contributed by atoms with van der Waals surface area (Å²) < 4.78 is 2.90. The van der Waals surface area contributed by atoms with Gasteiger partial charge in [-0.05, 0) is 61.0 Å². The van der Waals surface area contributed by atoms with Crippen molar-refractivity contribution < 1.29 is 4.79 Å². The number of nitrogens with one attached hydrogen (secondary N) is 1. The van der Waals surface area contributed by atoms with Gasteiger partial charge in [-0.2, -0.15) is 0 Å². The number of carbonyl (C=O) groups excluding carboxylic acids is 1. The lowest BCUT2D eigenvalue weighted by Crippen LogP contribution is -2.40. The van der Waals surface area contributed by atoms with E-state index in [1.54, 1.807) is 29.6 Å². The van der Waals surface area contributed by atoms with Gasteiger partial charge in [-0.3, -0.25) is 14.2 Å². The number of aryl methyl sites for hydroxylation is 3. The number of carbonyl (C=O) groups is 1. The third-order valence-corrected chi connectivity index (χ3v) is 6.35. The normalized spacial score (nSPS) is 11.1. The van der Waals surface area contributed by atoms with Crippen molar-refractivity contribution in [3.63, 3.8) is 0 Å². The first kappa shape index (κ1) is 21.1. The van der Waals surface area contributed by atoms with Crippen LogP contribution in [0.15, 0.2) is 57.4 Å². The number of aromatic nitrogens is 2. The largest absolute Gasteiger partial charge is 0.336 e. The van der Waals surface area contributed by atoms with Crippen LogP contribution in [-0.4, -0.2) is 15.0 Å². The van der Waals surface area contributed by atoms with E-state index in [1.165, 1.54) is 15.9 Å². The molecular formula is C23H20ClN3O3S. The maximum Gasteiger partial charge on any atom is 0.336 e. The molecule has 0 saturated heterocycles. The average molecular weight is 454 g/mol. The summed E-state index contributed by atoms with van der Waals surface area (Å²) >= 11 is 7.46. The minimum Gasteiger partial charge on any atom is -0.323 e. The third-order valence-electron chi connectivity index (χ3n) is 5.15. The van der Waals surface area contributed by atoms with Crippen LogP contribution >= 0.6 is 22.9 Å². The van der Waals surface area contributed by atoms with Crippen LogP contribution in [0.1, 0.15) is 16.7 Å². The summed E-state index contributed by atoms with van der Waals surface area (Å²) in [5.74, 6) is -0.406. The maximum absolute atomic E-state index is 13.4. The standard InChI is InChI=1S/C23H20ClN3O3S/c1-13-7-8-14(2)18(11-13)27-22(29)21-17(9-10-31-21)26(23(27)30)12-19(28)25-20-15(3)5-4-6-16(20)24/h4-11H,12H2,1-3H3,(H,25,28). The van der Waals surface area contributed by atoms with Crippen molar-refractivity contribution in [2.45, 2.75) is 27.3 Å². The van der Waals surface area contributed by atoms with Crippen LogP contribution in [-0.2, 0) is 11.3 Å². The van der Waals surface area contributed by atoms with Crippen LogP contribution in [0.2, 0.25) is 5.02 Å². The molecule has 4 rings (SSSR count). The quantitative estimate of drug-likeness (QED) is 0.496. The molecule has 1 N–H and O–H groups in total. The molecule has 0 atom stereocenters. The average Bonchev–Trinajstić information content (AvgIpc) is 3.21. The van der Waals surface area contributed by atoms with Gasteiger partial charge in [0.1, 0.15) is 11.2 Å². The second-order valence-corrected chi connectivity index (χ2v) is 8.74. The Morgan fingerprint density at radius 1 is 1.06 bits per heavy atom. The molecule has 0 aliphatic carbocycles. The Kier molecular flexibility index (Phi) is 5.56. The molecule has 8 heteroatoms. The number of amides is 1. The Morgan fingerprint density at radius 3 is 2.58 bits per heavy atom. The maximum atomic E-state index is 13.4. The molecule has 0 bridgehead atoms. The van der Waals surface area contributed by atoms with Gasteiger partial charge < -0.3 is 5.32 Å². The number of halogens is 1. The highest BCUT2D eigenvalue weighted by molar-refractivity contribution is 7.17. The van der Waals surface area contributed by atoms with Gasteiger partial charge in [0.05, 0.1) is 21.9 Å². The fraction of sp³-hybridized carbons (Fsp3) is 0.174. The topological polar surface area (TPSA) is 73.1 Å². The van der Waals surface area contributed by atoms with Gasteiger partial charge in [0.15, 0.2) is 0 Å². The zero-order chi connectivity index (χ0) is 22.3. The first-order valence-corrected chi connectivity index (χ1v) is 10.9. The number of fused-ring (bicyclic) bond motifs is 1. The minimum absolute atomic E-state index is 0.248. The van der Waals surface area contributed by atoms with E-state index in [2.05, 4.69) is 5.32 Å². The molecule has 4 aromatic rings. The van der Waals surface area contributed by atoms with Crippen LogP contribution in [0.25, 0.3) is 15.9 Å². The minimum atomic E-state index is -0.560. The molecule has 0 aliphatic rings. The molecule has 0 radical (unpaired) electrons. The lowest BCUT2D eigenvalue weighted by atomic mass is 10.1. The Balaban J connectivity index is 1.84. The van der Waals surface area contributed by atoms with Crippen molar-refractivity contribution in [2.24, 2.45) is 0 Å². The van der Waals surface area contributed by atoms with Gasteiger partial charge in [-0.25, -0.2) is 9.36 Å². The van der Waals surface area contributed by atoms with Crippen LogP contribution in [0.5, 0.6) is 0 Å². The smallest absolute Gasteiger partial charge is 0.323 e. The first-order chi connectivity index (χ1) is 14.8. The summed E-state index contributed by atoms with van der Waals surface area (Å²) in [5.41, 5.74) is 3.05. The fourth-order valence-corrected chi connectivity index (χ4v) is 4.62. The second kappa shape index (κ2) is 8.17. The molecule has 0 saturated carbocycles. The number of anilines is 1. The Labute approximate surface area is 187 Å². The zero-order valence-electron chi connectivity index (χ0n) is 17.2. The van der Waals surface area contributed by atoms with E-state index < -0.39 is 11.6 Å². The summed E-state index contributed by atoms with van der Waals surface area (Å²) in [4.78, 5) is 39.4. The fourth-order valence-electron chi connectivity index (χ4n) is 3.53. The molecular weight excluding hydrogens is 434 g/mol. The summed E-state index contributed by atoms with van der Waals surface area (Å²) in [6.07, 6.45) is 0. The number of hydrogen-bond donors (Lipinski definition) is 1. The summed E-state index contributed by atoms with van der Waals surface area (Å²) in [6, 6.07) is 12.6. The predicted molar refractivity (Wildman–Crippen MR) is 126 cm³/mol. The van der Waals surface area contributed by atoms with E-state index in [9.17, 15) is 14.4 Å². The van der Waals surface area contributed by atoms with Gasteiger partial charge in [0.25, 0.3) is 5.56 Å². The highest BCUT2D eigenvalue weighted by atomic mass is 35.5. The number of rotatable bonds is 4. The SMILES string of the molecule is Cc1ccc(C)c(-n2c(=O)c3sccc3n(CC(=O)Nc3c(C)cccc3Cl)c2=O)c1. The van der Waals surface area contributed by atoms with Crippen molar-refractivity contribution in [1.29, 1.82) is 0 Å². The molecule has 0 unspecified atom stereocenters. The van der Waals surface area contributed by atoms with E-state index in [-0.39, 0.29) is 12.1 Å². The van der Waals surface area contributed by atoms with E-state index >= 15 is 0 Å². The van der Waals surface area contributed by atoms with Crippen molar-refractivity contribution >= 4 is 44.7 Å². The Morgan fingerprint density at radius 2 is 1.84 bits per heavy atom. The molecule has 31 heavy (non-hydrogen) atoms. The molecule has 2 aromatic heterocycles. The Bertz CT molecular complexity index is 1430. The predicted octanol–water partition coefficient (Wildman–Crippen LogP) is 4.43. The van der Waals surface area contributed by atoms with Crippen LogP contribution in [0, 0.1) is 20.8 Å². The van der Waals surface area contributed by atoms with Crippen molar-refractivity contribution in [1.82, 2.24) is 9.13 Å². The van der Waals surface area contributed by atoms with Gasteiger partial charge in [0, 0.05) is 0 Å². The van der Waals surface area contributed by atoms with E-state index in [4.69, 9.17) is 11.6 Å². The van der Waals surface area contributed by atoms with Crippen LogP contribution < -0.4 is 16.6 Å². The number of hydrogen-bond acceptors (Lipinski definition) is 4. The highest BCUT2D eigenvalue weighted by Crippen LogP contribution is 2.25. The van der Waals surface area contributed by atoms with Gasteiger partial charge in [-0.1, -0.05) is 35.9 Å². The lowest BCUT2D eigenvalue weighted by molar-refractivity contribution is -0.116. The third kappa shape index (κ3) is 3.82. The van der Waals surface area contributed by atoms with Crippen LogP contribution in [0.4, 0.5) is 5.69 Å². The second-order valence-electron chi connectivity index (χ2n) is 7.41. The molecule has 2 heterocycles. The van der Waals surface area contributed by atoms with E-state index in [0.29, 0.717) is 26.6 Å². The number of para-hydroxylation sites is 1. The number of thiophene rings is 1. The van der Waals surface area contributed by atoms with Gasteiger partial charge >= 0.3 is 5.69 Å². The molecule has 0 aliphatic heterocycles. The Hall–Kier alpha value is -3.16. The molecule has 0 spiro atoms.